The molecule has 0 saturated heterocycles. The van der Waals surface area contributed by atoms with Crippen molar-refractivity contribution in [3.8, 4) is 0 Å². The van der Waals surface area contributed by atoms with Gasteiger partial charge in [0, 0.05) is 24.4 Å². The first kappa shape index (κ1) is 16.2. The molecule has 0 bridgehead atoms. The van der Waals surface area contributed by atoms with Crippen molar-refractivity contribution in [3.05, 3.63) is 53.7 Å². The van der Waals surface area contributed by atoms with Crippen molar-refractivity contribution in [2.45, 2.75) is 6.92 Å². The molecule has 2 amide bonds. The molecular weight excluding hydrogens is 298 g/mol. The summed E-state index contributed by atoms with van der Waals surface area (Å²) in [7, 11) is 1.29. The van der Waals surface area contributed by atoms with Crippen molar-refractivity contribution in [3.63, 3.8) is 0 Å². The number of hydrogen-bond acceptors (Lipinski definition) is 5. The third kappa shape index (κ3) is 4.37. The second kappa shape index (κ2) is 7.17. The minimum atomic E-state index is -0.488. The predicted octanol–water partition coefficient (Wildman–Crippen LogP) is 2.08. The molecule has 0 fully saturated rings. The van der Waals surface area contributed by atoms with Gasteiger partial charge in [-0.2, -0.15) is 0 Å². The van der Waals surface area contributed by atoms with Crippen molar-refractivity contribution in [1.29, 1.82) is 0 Å². The standard InChI is InChI=1S/C16H15N3O4/c1-10(20)18-14-9-11(6-7-17-14)15(21)19-13-5-3-4-12(8-13)16(22)23-2/h3-9H,1-2H3,(H,19,21)(H,17,18,20). The van der Waals surface area contributed by atoms with E-state index >= 15 is 0 Å². The molecule has 0 atom stereocenters. The summed E-state index contributed by atoms with van der Waals surface area (Å²) < 4.78 is 4.63. The van der Waals surface area contributed by atoms with Gasteiger partial charge in [0.1, 0.15) is 5.82 Å². The van der Waals surface area contributed by atoms with Crippen LogP contribution in [0.5, 0.6) is 0 Å². The van der Waals surface area contributed by atoms with Crippen LogP contribution in [0.15, 0.2) is 42.6 Å². The third-order valence-corrected chi connectivity index (χ3v) is 2.87. The molecule has 23 heavy (non-hydrogen) atoms. The number of amides is 2. The second-order valence-corrected chi connectivity index (χ2v) is 4.64. The van der Waals surface area contributed by atoms with Crippen LogP contribution in [0.2, 0.25) is 0 Å². The molecule has 1 aromatic heterocycles. The second-order valence-electron chi connectivity index (χ2n) is 4.64. The Kier molecular flexibility index (Phi) is 5.03. The fraction of sp³-hybridized carbons (Fsp3) is 0.125. The Hall–Kier alpha value is -3.22. The van der Waals surface area contributed by atoms with Crippen molar-refractivity contribution in [2.24, 2.45) is 0 Å². The van der Waals surface area contributed by atoms with E-state index in [1.807, 2.05) is 0 Å². The quantitative estimate of drug-likeness (QED) is 0.842. The lowest BCUT2D eigenvalue weighted by Gasteiger charge is -2.08. The van der Waals surface area contributed by atoms with Gasteiger partial charge in [-0.05, 0) is 30.3 Å². The summed E-state index contributed by atoms with van der Waals surface area (Å²) in [4.78, 5) is 38.7. The van der Waals surface area contributed by atoms with Gasteiger partial charge in [0.15, 0.2) is 0 Å². The van der Waals surface area contributed by atoms with E-state index in [1.54, 1.807) is 18.2 Å². The van der Waals surface area contributed by atoms with E-state index in [2.05, 4.69) is 20.4 Å². The summed E-state index contributed by atoms with van der Waals surface area (Å²) in [6, 6.07) is 9.37. The van der Waals surface area contributed by atoms with E-state index in [0.29, 0.717) is 16.8 Å². The van der Waals surface area contributed by atoms with Crippen LogP contribution in [0, 0.1) is 0 Å². The van der Waals surface area contributed by atoms with Crippen LogP contribution in [-0.4, -0.2) is 29.9 Å². The minimum absolute atomic E-state index is 0.277. The maximum Gasteiger partial charge on any atom is 0.337 e. The van der Waals surface area contributed by atoms with Crippen LogP contribution in [0.1, 0.15) is 27.6 Å². The monoisotopic (exact) mass is 313 g/mol. The van der Waals surface area contributed by atoms with Crippen molar-refractivity contribution in [2.75, 3.05) is 17.7 Å². The topological polar surface area (TPSA) is 97.4 Å². The smallest absolute Gasteiger partial charge is 0.337 e. The van der Waals surface area contributed by atoms with Gasteiger partial charge in [-0.3, -0.25) is 9.59 Å². The zero-order valence-corrected chi connectivity index (χ0v) is 12.6. The summed E-state index contributed by atoms with van der Waals surface area (Å²) in [5, 5.41) is 5.18. The molecule has 0 aliphatic heterocycles. The molecule has 1 aromatic carbocycles. The molecule has 0 saturated carbocycles. The van der Waals surface area contributed by atoms with E-state index in [1.165, 1.54) is 38.4 Å². The Labute approximate surface area is 132 Å². The maximum absolute atomic E-state index is 12.2. The number of pyridine rings is 1. The fourth-order valence-electron chi connectivity index (χ4n) is 1.87. The highest BCUT2D eigenvalue weighted by Crippen LogP contribution is 2.14. The molecule has 0 unspecified atom stereocenters. The first-order valence-electron chi connectivity index (χ1n) is 6.73. The highest BCUT2D eigenvalue weighted by molar-refractivity contribution is 6.05. The molecule has 0 spiro atoms. The van der Waals surface area contributed by atoms with Gasteiger partial charge in [0.25, 0.3) is 5.91 Å². The average molecular weight is 313 g/mol. The maximum atomic E-state index is 12.2. The van der Waals surface area contributed by atoms with Crippen LogP contribution in [0.25, 0.3) is 0 Å². The van der Waals surface area contributed by atoms with Crippen LogP contribution < -0.4 is 10.6 Å². The number of nitrogens with one attached hydrogen (secondary N) is 2. The Bertz CT molecular complexity index is 758. The summed E-state index contributed by atoms with van der Waals surface area (Å²) >= 11 is 0. The molecule has 7 nitrogen and oxygen atoms in total. The van der Waals surface area contributed by atoms with Crippen molar-refractivity contribution >= 4 is 29.3 Å². The number of ether oxygens (including phenoxy) is 1. The molecule has 1 heterocycles. The van der Waals surface area contributed by atoms with E-state index in [-0.39, 0.29) is 17.6 Å². The number of carbonyl (C=O) groups is 3. The number of anilines is 2. The van der Waals surface area contributed by atoms with Gasteiger partial charge in [-0.25, -0.2) is 9.78 Å². The SMILES string of the molecule is COC(=O)c1cccc(NC(=O)c2ccnc(NC(C)=O)c2)c1. The van der Waals surface area contributed by atoms with Crippen LogP contribution >= 0.6 is 0 Å². The number of methoxy groups -OCH3 is 1. The van der Waals surface area contributed by atoms with E-state index in [4.69, 9.17) is 0 Å². The van der Waals surface area contributed by atoms with Crippen LogP contribution in [-0.2, 0) is 9.53 Å². The average Bonchev–Trinajstić information content (AvgIpc) is 2.54. The van der Waals surface area contributed by atoms with E-state index in [9.17, 15) is 14.4 Å². The number of carbonyl (C=O) groups excluding carboxylic acids is 3. The van der Waals surface area contributed by atoms with Gasteiger partial charge < -0.3 is 15.4 Å². The number of nitrogens with zero attached hydrogens (tertiary/aromatic N) is 1. The van der Waals surface area contributed by atoms with E-state index < -0.39 is 5.97 Å². The lowest BCUT2D eigenvalue weighted by molar-refractivity contribution is -0.114. The van der Waals surface area contributed by atoms with Gasteiger partial charge in [-0.15, -0.1) is 0 Å². The normalized spacial score (nSPS) is 9.83. The predicted molar refractivity (Wildman–Crippen MR) is 84.3 cm³/mol. The lowest BCUT2D eigenvalue weighted by Crippen LogP contribution is -2.14. The number of benzene rings is 1. The van der Waals surface area contributed by atoms with Gasteiger partial charge in [0.05, 0.1) is 12.7 Å². The Morgan fingerprint density at radius 2 is 1.83 bits per heavy atom. The lowest BCUT2D eigenvalue weighted by atomic mass is 10.2. The van der Waals surface area contributed by atoms with Gasteiger partial charge >= 0.3 is 5.97 Å². The Morgan fingerprint density at radius 1 is 1.04 bits per heavy atom. The highest BCUT2D eigenvalue weighted by atomic mass is 16.5. The van der Waals surface area contributed by atoms with Crippen LogP contribution in [0.4, 0.5) is 11.5 Å². The first-order valence-corrected chi connectivity index (χ1v) is 6.73. The van der Waals surface area contributed by atoms with Gasteiger partial charge in [0.2, 0.25) is 5.91 Å². The van der Waals surface area contributed by atoms with Crippen molar-refractivity contribution < 1.29 is 19.1 Å². The molecule has 0 aliphatic rings. The molecule has 7 heteroatoms. The number of esters is 1. The summed E-state index contributed by atoms with van der Waals surface area (Å²) in [6.45, 7) is 1.35. The molecule has 0 aliphatic carbocycles. The van der Waals surface area contributed by atoms with Crippen molar-refractivity contribution in [1.82, 2.24) is 4.98 Å². The Balaban J connectivity index is 2.16. The number of aromatic nitrogens is 1. The highest BCUT2D eigenvalue weighted by Gasteiger charge is 2.10. The molecule has 2 rings (SSSR count). The number of hydrogen-bond donors (Lipinski definition) is 2. The zero-order chi connectivity index (χ0) is 16.8. The molecule has 2 aromatic rings. The third-order valence-electron chi connectivity index (χ3n) is 2.87. The molecule has 0 radical (unpaired) electrons. The zero-order valence-electron chi connectivity index (χ0n) is 12.6. The molecule has 118 valence electrons. The fourth-order valence-corrected chi connectivity index (χ4v) is 1.87. The summed E-state index contributed by atoms with van der Waals surface area (Å²) in [5.41, 5.74) is 1.11. The summed E-state index contributed by atoms with van der Waals surface area (Å²) in [6.07, 6.45) is 1.42. The largest absolute Gasteiger partial charge is 0.465 e. The first-order chi connectivity index (χ1) is 11.0. The molecular formula is C16H15N3O4. The summed E-state index contributed by atoms with van der Waals surface area (Å²) in [5.74, 6) is -0.867. The van der Waals surface area contributed by atoms with Crippen LogP contribution in [0.3, 0.4) is 0 Å². The number of rotatable bonds is 4. The van der Waals surface area contributed by atoms with Gasteiger partial charge in [-0.1, -0.05) is 6.07 Å². The minimum Gasteiger partial charge on any atom is -0.465 e. The molecule has 2 N–H and O–H groups in total. The van der Waals surface area contributed by atoms with E-state index in [0.717, 1.165) is 0 Å². The Morgan fingerprint density at radius 3 is 2.52 bits per heavy atom.